The van der Waals surface area contributed by atoms with E-state index in [-0.39, 0.29) is 55.6 Å². The molecule has 65 heavy (non-hydrogen) atoms. The number of benzene rings is 1. The molecular weight excluding hydrogens is 829 g/mol. The van der Waals surface area contributed by atoms with Crippen LogP contribution in [0.25, 0.3) is 0 Å². The number of piperidine rings is 1. The van der Waals surface area contributed by atoms with Crippen LogP contribution in [0.4, 0.5) is 0 Å². The normalized spacial score (nSPS) is 37.3. The van der Waals surface area contributed by atoms with E-state index >= 15 is 0 Å². The number of amides is 1. The second-order valence-corrected chi connectivity index (χ2v) is 19.4. The van der Waals surface area contributed by atoms with Gasteiger partial charge in [-0.05, 0) is 101 Å². The number of nitrogens with one attached hydrogen (secondary N) is 1. The molecule has 4 aliphatic rings. The van der Waals surface area contributed by atoms with Gasteiger partial charge in [-0.2, -0.15) is 0 Å². The number of ether oxygens (including phenoxy) is 5. The zero-order valence-electron chi connectivity index (χ0n) is 40.2. The fraction of sp³-hybridized carbons (Fsp3) is 0.692. The van der Waals surface area contributed by atoms with Gasteiger partial charge in [0.1, 0.15) is 24.0 Å². The number of carbonyl (C=O) groups excluding carboxylic acids is 4. The number of hydrogen-bond acceptors (Lipinski definition) is 12. The number of methoxy groups -OCH3 is 2. The van der Waals surface area contributed by atoms with Gasteiger partial charge in [0, 0.05) is 57.5 Å². The van der Waals surface area contributed by atoms with Crippen LogP contribution in [0.2, 0.25) is 0 Å². The van der Waals surface area contributed by atoms with E-state index in [9.17, 15) is 29.4 Å². The second-order valence-electron chi connectivity index (χ2n) is 19.4. The van der Waals surface area contributed by atoms with Crippen molar-refractivity contribution in [3.05, 3.63) is 71.8 Å². The number of nitrogens with zero attached hydrogens (tertiary/aromatic N) is 1. The molecule has 1 saturated carbocycles. The highest BCUT2D eigenvalue weighted by Crippen LogP contribution is 2.39. The molecule has 13 nitrogen and oxygen atoms in total. The molecule has 1 aromatic rings. The zero-order valence-corrected chi connectivity index (χ0v) is 40.2. The van der Waals surface area contributed by atoms with Crippen molar-refractivity contribution >= 4 is 23.4 Å². The van der Waals surface area contributed by atoms with E-state index in [1.807, 2.05) is 45.0 Å². The van der Waals surface area contributed by atoms with E-state index in [1.54, 1.807) is 34.1 Å². The Morgan fingerprint density at radius 3 is 2.35 bits per heavy atom. The Morgan fingerprint density at radius 2 is 1.68 bits per heavy atom. The van der Waals surface area contributed by atoms with Crippen molar-refractivity contribution in [1.29, 1.82) is 0 Å². The van der Waals surface area contributed by atoms with Gasteiger partial charge in [-0.1, -0.05) is 81.8 Å². The van der Waals surface area contributed by atoms with E-state index in [1.165, 1.54) is 10.5 Å². The summed E-state index contributed by atoms with van der Waals surface area (Å²) in [6, 6.07) is 9.21. The quantitative estimate of drug-likeness (QED) is 0.120. The summed E-state index contributed by atoms with van der Waals surface area (Å²) in [6.45, 7) is 16.4. The maximum atomic E-state index is 14.6. The summed E-state index contributed by atoms with van der Waals surface area (Å²) in [6.07, 6.45) is 7.05. The summed E-state index contributed by atoms with van der Waals surface area (Å²) in [5.74, 6) is -7.39. The largest absolute Gasteiger partial charge is 0.456 e. The van der Waals surface area contributed by atoms with Crippen LogP contribution in [0.15, 0.2) is 66.3 Å². The third-order valence-electron chi connectivity index (χ3n) is 14.5. The fourth-order valence-electron chi connectivity index (χ4n) is 10.6. The van der Waals surface area contributed by atoms with E-state index in [0.717, 1.165) is 18.4 Å². The number of Topliss-reactive ketones (excluding diaryl/α,β-unsaturated/α-hetero) is 2. The molecule has 2 saturated heterocycles. The first-order valence-corrected chi connectivity index (χ1v) is 24.1. The van der Waals surface area contributed by atoms with Crippen molar-refractivity contribution in [2.24, 2.45) is 29.6 Å². The Bertz CT molecular complexity index is 1820. The topological polar surface area (TPSA) is 170 Å². The molecule has 3 fully saturated rings. The number of ketones is 2. The van der Waals surface area contributed by atoms with Gasteiger partial charge in [-0.25, -0.2) is 4.79 Å². The van der Waals surface area contributed by atoms with Crippen molar-refractivity contribution in [2.45, 2.75) is 173 Å². The van der Waals surface area contributed by atoms with Crippen LogP contribution in [-0.4, -0.2) is 120 Å². The molecular formula is C52H78N2O11. The lowest BCUT2D eigenvalue weighted by atomic mass is 9.80. The predicted octanol–water partition coefficient (Wildman–Crippen LogP) is 6.83. The number of fused-ring (bicyclic) bond motifs is 3. The number of carbonyl (C=O) groups is 4. The molecule has 362 valence electrons. The van der Waals surface area contributed by atoms with Gasteiger partial charge in [-0.15, -0.1) is 6.58 Å². The maximum absolute atomic E-state index is 14.6. The Morgan fingerprint density at radius 1 is 0.969 bits per heavy atom. The first-order valence-electron chi connectivity index (χ1n) is 24.1. The predicted molar refractivity (Wildman–Crippen MR) is 248 cm³/mol. The number of rotatable bonds is 11. The van der Waals surface area contributed by atoms with Gasteiger partial charge in [0.2, 0.25) is 5.79 Å². The monoisotopic (exact) mass is 907 g/mol. The zero-order chi connectivity index (χ0) is 47.4. The average molecular weight is 907 g/mol. The lowest BCUT2D eigenvalue weighted by molar-refractivity contribution is -0.302. The van der Waals surface area contributed by atoms with Crippen molar-refractivity contribution < 1.29 is 53.1 Å². The van der Waals surface area contributed by atoms with Gasteiger partial charge in [-0.3, -0.25) is 14.4 Å². The number of aliphatic hydroxyl groups excluding tert-OH is 1. The average Bonchev–Trinajstić information content (AvgIpc) is 3.30. The van der Waals surface area contributed by atoms with Crippen LogP contribution < -0.4 is 5.32 Å². The van der Waals surface area contributed by atoms with Crippen molar-refractivity contribution in [1.82, 2.24) is 10.2 Å². The molecule has 14 unspecified atom stereocenters. The minimum Gasteiger partial charge on any atom is -0.456 e. The first-order chi connectivity index (χ1) is 31.0. The van der Waals surface area contributed by atoms with Gasteiger partial charge < -0.3 is 44.1 Å². The highest BCUT2D eigenvalue weighted by atomic mass is 16.7. The third-order valence-corrected chi connectivity index (χ3v) is 14.5. The summed E-state index contributed by atoms with van der Waals surface area (Å²) < 4.78 is 30.8. The first kappa shape index (κ1) is 52.4. The fourth-order valence-corrected chi connectivity index (χ4v) is 10.6. The number of allylic oxidation sites excluding steroid dienone is 3. The molecule has 14 atom stereocenters. The highest BCUT2D eigenvalue weighted by molar-refractivity contribution is 6.39. The maximum Gasteiger partial charge on any atom is 0.329 e. The van der Waals surface area contributed by atoms with Crippen LogP contribution in [-0.2, 0) is 49.4 Å². The molecule has 2 bridgehead atoms. The van der Waals surface area contributed by atoms with Crippen LogP contribution in [0.5, 0.6) is 0 Å². The summed E-state index contributed by atoms with van der Waals surface area (Å²) >= 11 is 0. The lowest BCUT2D eigenvalue weighted by Gasteiger charge is -2.47. The highest BCUT2D eigenvalue weighted by Gasteiger charge is 2.56. The van der Waals surface area contributed by atoms with Crippen molar-refractivity contribution in [3.8, 4) is 0 Å². The molecule has 1 aromatic carbocycles. The Labute approximate surface area is 387 Å². The molecule has 3 N–H and O–H groups in total. The third kappa shape index (κ3) is 13.3. The Balaban J connectivity index is 1.48. The van der Waals surface area contributed by atoms with Crippen LogP contribution >= 0.6 is 0 Å². The van der Waals surface area contributed by atoms with Crippen LogP contribution in [0, 0.1) is 29.6 Å². The molecule has 1 amide bonds. The summed E-state index contributed by atoms with van der Waals surface area (Å²) in [4.78, 5) is 58.5. The minimum atomic E-state index is -2.50. The number of aliphatic hydroxyl groups is 2. The van der Waals surface area contributed by atoms with E-state index < -0.39 is 77.8 Å². The summed E-state index contributed by atoms with van der Waals surface area (Å²) in [7, 11) is 3.08. The lowest BCUT2D eigenvalue weighted by Crippen LogP contribution is -2.64. The molecule has 3 aliphatic heterocycles. The number of esters is 1. The van der Waals surface area contributed by atoms with Crippen molar-refractivity contribution in [3.63, 3.8) is 0 Å². The summed E-state index contributed by atoms with van der Waals surface area (Å²) in [5, 5.41) is 27.7. The molecule has 5 rings (SSSR count). The molecule has 1 aliphatic carbocycles. The molecule has 0 aromatic heterocycles. The van der Waals surface area contributed by atoms with Gasteiger partial charge in [0.05, 0.1) is 31.0 Å². The molecule has 0 spiro atoms. The molecule has 0 radical (unpaired) electrons. The standard InChI is InChI=1S/C52H78N2O11/c1-10-23-63-44-29-38(20-21-40(44)53-31-37-17-13-12-14-18-37)27-34(5)47-36(7)42(55)30-43(56)39(11-2)25-32(3)24-33(4)26-45(61-8)48-46(62-9)28-35(6)52(60,65-48)49(57)50(58)54-22-16-15-19-41(54)51(59)64-47/h10,12-14,17-18,25,27,33,35-36,38-42,44-48,53,55,60H,1,11,15-16,19-24,26,28-31H2,2-9H3/b32-25+,34-27?. The minimum absolute atomic E-state index is 0.0339. The summed E-state index contributed by atoms with van der Waals surface area (Å²) in [5.41, 5.74) is 2.90. The SMILES string of the molecule is C=CCOC1CC(C=C(C)C2OC(=O)C3CCCCN3C(=O)C(=O)C3(O)OC(C(OC)CC(C)C/C(C)=C/C(CC)C(=O)CC(O)C2C)C(OC)CC3C)CCC1NCc1ccccc1. The van der Waals surface area contributed by atoms with E-state index in [4.69, 9.17) is 23.7 Å². The van der Waals surface area contributed by atoms with E-state index in [0.29, 0.717) is 57.2 Å². The number of hydrogen-bond donors (Lipinski definition) is 3. The number of cyclic esters (lactones) is 1. The van der Waals surface area contributed by atoms with Crippen LogP contribution in [0.1, 0.15) is 118 Å². The smallest absolute Gasteiger partial charge is 0.329 e. The van der Waals surface area contributed by atoms with Crippen LogP contribution in [0.3, 0.4) is 0 Å². The molecule has 13 heteroatoms. The van der Waals surface area contributed by atoms with Gasteiger partial charge in [0.25, 0.3) is 11.7 Å². The Kier molecular flexibility index (Phi) is 19.7. The molecule has 3 heterocycles. The van der Waals surface area contributed by atoms with E-state index in [2.05, 4.69) is 37.0 Å². The Hall–Kier alpha value is -3.56. The van der Waals surface area contributed by atoms with Crippen molar-refractivity contribution in [2.75, 3.05) is 27.4 Å². The van der Waals surface area contributed by atoms with Gasteiger partial charge >= 0.3 is 5.97 Å². The second kappa shape index (κ2) is 24.5. The van der Waals surface area contributed by atoms with Gasteiger partial charge in [0.15, 0.2) is 0 Å².